The lowest BCUT2D eigenvalue weighted by molar-refractivity contribution is -0.137. The molecule has 0 spiro atoms. The fraction of sp³-hybridized carbons (Fsp3) is 0.238. The van der Waals surface area contributed by atoms with Crippen molar-refractivity contribution in [3.8, 4) is 11.3 Å². The highest BCUT2D eigenvalue weighted by atomic mass is 19.4. The number of nitrogens with zero attached hydrogens (tertiary/aromatic N) is 6. The van der Waals surface area contributed by atoms with Gasteiger partial charge < -0.3 is 5.32 Å². The van der Waals surface area contributed by atoms with Crippen LogP contribution in [0.1, 0.15) is 18.1 Å². The molecule has 11 heteroatoms. The summed E-state index contributed by atoms with van der Waals surface area (Å²) in [4.78, 5) is 7.90. The second-order valence-corrected chi connectivity index (χ2v) is 6.73. The van der Waals surface area contributed by atoms with Gasteiger partial charge in [-0.15, -0.1) is 0 Å². The summed E-state index contributed by atoms with van der Waals surface area (Å²) in [6.45, 7) is 5.46. The SMILES string of the molecule is C=N/C(=C\C(=N/C)n1cc(C(F)(F)F)cn1)Nc1nn(C)c(-c2ccc(F)cc2)c1CC. The van der Waals surface area contributed by atoms with Gasteiger partial charge in [-0.3, -0.25) is 9.67 Å². The average molecular weight is 447 g/mol. The van der Waals surface area contributed by atoms with Crippen molar-refractivity contribution in [3.05, 3.63) is 65.5 Å². The number of aromatic nitrogens is 4. The van der Waals surface area contributed by atoms with E-state index in [1.807, 2.05) is 6.92 Å². The van der Waals surface area contributed by atoms with Crippen LogP contribution >= 0.6 is 0 Å². The third-order valence-corrected chi connectivity index (χ3v) is 4.67. The van der Waals surface area contributed by atoms with Gasteiger partial charge in [-0.1, -0.05) is 6.92 Å². The summed E-state index contributed by atoms with van der Waals surface area (Å²) in [5.74, 6) is 0.475. The molecule has 0 unspecified atom stereocenters. The molecule has 0 saturated carbocycles. The van der Waals surface area contributed by atoms with Gasteiger partial charge in [0.15, 0.2) is 11.7 Å². The van der Waals surface area contributed by atoms with Crippen LogP contribution in [-0.4, -0.2) is 39.2 Å². The molecule has 3 aromatic rings. The van der Waals surface area contributed by atoms with Crippen LogP contribution in [0.15, 0.2) is 58.5 Å². The minimum absolute atomic E-state index is 0.114. The molecule has 0 fully saturated rings. The molecule has 2 heterocycles. The smallest absolute Gasteiger partial charge is 0.323 e. The van der Waals surface area contributed by atoms with E-state index >= 15 is 0 Å². The fourth-order valence-corrected chi connectivity index (χ4v) is 3.16. The van der Waals surface area contributed by atoms with Crippen LogP contribution in [0.2, 0.25) is 0 Å². The molecule has 168 valence electrons. The monoisotopic (exact) mass is 447 g/mol. The van der Waals surface area contributed by atoms with Gasteiger partial charge >= 0.3 is 6.18 Å². The van der Waals surface area contributed by atoms with E-state index in [1.165, 1.54) is 25.3 Å². The molecule has 7 nitrogen and oxygen atoms in total. The summed E-state index contributed by atoms with van der Waals surface area (Å²) >= 11 is 0. The van der Waals surface area contributed by atoms with Gasteiger partial charge in [0.2, 0.25) is 0 Å². The fourth-order valence-electron chi connectivity index (χ4n) is 3.16. The molecule has 32 heavy (non-hydrogen) atoms. The molecule has 0 atom stereocenters. The summed E-state index contributed by atoms with van der Waals surface area (Å²) in [6.07, 6.45) is -0.942. The van der Waals surface area contributed by atoms with Gasteiger partial charge in [0.25, 0.3) is 0 Å². The number of halogens is 4. The first kappa shape index (κ1) is 22.9. The van der Waals surface area contributed by atoms with Crippen molar-refractivity contribution in [1.29, 1.82) is 0 Å². The van der Waals surface area contributed by atoms with Crippen LogP contribution in [0, 0.1) is 5.82 Å². The van der Waals surface area contributed by atoms with Gasteiger partial charge in [-0.05, 0) is 37.4 Å². The number of hydrogen-bond donors (Lipinski definition) is 1. The van der Waals surface area contributed by atoms with Crippen molar-refractivity contribution in [2.45, 2.75) is 19.5 Å². The summed E-state index contributed by atoms with van der Waals surface area (Å²) in [5, 5.41) is 11.3. The number of allylic oxidation sites excluding steroid dienone is 1. The van der Waals surface area contributed by atoms with Crippen molar-refractivity contribution in [2.24, 2.45) is 17.0 Å². The first-order valence-corrected chi connectivity index (χ1v) is 9.54. The number of aryl methyl sites for hydroxylation is 1. The van der Waals surface area contributed by atoms with Gasteiger partial charge in [0.1, 0.15) is 11.6 Å². The molecule has 1 aromatic carbocycles. The Hall–Kier alpha value is -3.76. The van der Waals surface area contributed by atoms with Crippen molar-refractivity contribution >= 4 is 18.4 Å². The minimum atomic E-state index is -4.51. The quantitative estimate of drug-likeness (QED) is 0.343. The predicted molar refractivity (Wildman–Crippen MR) is 115 cm³/mol. The Bertz CT molecular complexity index is 1170. The molecular weight excluding hydrogens is 426 g/mol. The largest absolute Gasteiger partial charge is 0.419 e. The second kappa shape index (κ2) is 9.16. The Morgan fingerprint density at radius 2 is 1.94 bits per heavy atom. The molecule has 0 amide bonds. The highest BCUT2D eigenvalue weighted by molar-refractivity contribution is 5.95. The van der Waals surface area contributed by atoms with E-state index in [4.69, 9.17) is 0 Å². The molecule has 0 aliphatic rings. The normalized spacial score (nSPS) is 12.8. The zero-order valence-electron chi connectivity index (χ0n) is 17.7. The standard InChI is InChI=1S/C21H21F4N7/c1-5-16-19(13-6-8-15(22)9-7-13)31(4)30-20(16)29-17(26-2)10-18(27-3)32-12-14(11-28-32)21(23,24)25/h6-12H,2,5H2,1,3-4H3,(H,29,30)/b17-10+,27-18+. The molecule has 0 bridgehead atoms. The van der Waals surface area contributed by atoms with Crippen molar-refractivity contribution in [3.63, 3.8) is 0 Å². The van der Waals surface area contributed by atoms with Crippen LogP contribution in [0.4, 0.5) is 23.4 Å². The zero-order chi connectivity index (χ0) is 23.5. The number of hydrogen-bond acceptors (Lipinski definition) is 5. The Balaban J connectivity index is 1.95. The number of anilines is 1. The maximum atomic E-state index is 13.3. The third kappa shape index (κ3) is 4.76. The zero-order valence-corrected chi connectivity index (χ0v) is 17.7. The molecule has 0 aliphatic heterocycles. The summed E-state index contributed by atoms with van der Waals surface area (Å²) in [6, 6.07) is 6.06. The molecule has 2 aromatic heterocycles. The molecular formula is C21H21F4N7. The van der Waals surface area contributed by atoms with Crippen LogP contribution in [0.3, 0.4) is 0 Å². The highest BCUT2D eigenvalue weighted by Crippen LogP contribution is 2.31. The van der Waals surface area contributed by atoms with E-state index in [2.05, 4.69) is 32.2 Å². The second-order valence-electron chi connectivity index (χ2n) is 6.73. The maximum Gasteiger partial charge on any atom is 0.419 e. The first-order valence-electron chi connectivity index (χ1n) is 9.54. The maximum absolute atomic E-state index is 13.3. The topological polar surface area (TPSA) is 72.4 Å². The van der Waals surface area contributed by atoms with Crippen molar-refractivity contribution in [1.82, 2.24) is 19.6 Å². The van der Waals surface area contributed by atoms with E-state index in [0.717, 1.165) is 33.9 Å². The molecule has 0 aliphatic carbocycles. The van der Waals surface area contributed by atoms with E-state index in [1.54, 1.807) is 23.9 Å². The van der Waals surface area contributed by atoms with Crippen molar-refractivity contribution in [2.75, 3.05) is 12.4 Å². The Labute approximate surface area is 181 Å². The molecule has 3 rings (SSSR count). The number of benzene rings is 1. The van der Waals surface area contributed by atoms with Gasteiger partial charge in [0, 0.05) is 37.5 Å². The Kier molecular flexibility index (Phi) is 6.56. The predicted octanol–water partition coefficient (Wildman–Crippen LogP) is 4.53. The Morgan fingerprint density at radius 1 is 1.25 bits per heavy atom. The number of alkyl halides is 3. The summed E-state index contributed by atoms with van der Waals surface area (Å²) in [7, 11) is 3.18. The third-order valence-electron chi connectivity index (χ3n) is 4.67. The number of aliphatic imine (C=N–C) groups is 2. The number of rotatable bonds is 6. The van der Waals surface area contributed by atoms with E-state index in [9.17, 15) is 17.6 Å². The van der Waals surface area contributed by atoms with E-state index in [-0.39, 0.29) is 17.5 Å². The molecule has 0 radical (unpaired) electrons. The average Bonchev–Trinajstić information content (AvgIpc) is 3.36. The summed E-state index contributed by atoms with van der Waals surface area (Å²) in [5.41, 5.74) is 1.54. The van der Waals surface area contributed by atoms with Crippen LogP contribution in [-0.2, 0) is 19.6 Å². The minimum Gasteiger partial charge on any atom is -0.323 e. The number of nitrogens with one attached hydrogen (secondary N) is 1. The van der Waals surface area contributed by atoms with Crippen molar-refractivity contribution < 1.29 is 17.6 Å². The Morgan fingerprint density at radius 3 is 2.47 bits per heavy atom. The van der Waals surface area contributed by atoms with E-state index < -0.39 is 11.7 Å². The first-order chi connectivity index (χ1) is 15.2. The van der Waals surface area contributed by atoms with Gasteiger partial charge in [-0.25, -0.2) is 14.1 Å². The molecule has 0 saturated heterocycles. The summed E-state index contributed by atoms with van der Waals surface area (Å²) < 4.78 is 54.7. The van der Waals surface area contributed by atoms with Gasteiger partial charge in [0.05, 0.1) is 17.5 Å². The lowest BCUT2D eigenvalue weighted by atomic mass is 10.1. The molecule has 1 N–H and O–H groups in total. The lowest BCUT2D eigenvalue weighted by Crippen LogP contribution is -2.13. The van der Waals surface area contributed by atoms with Crippen LogP contribution in [0.25, 0.3) is 11.3 Å². The van der Waals surface area contributed by atoms with Gasteiger partial charge in [-0.2, -0.15) is 23.4 Å². The lowest BCUT2D eigenvalue weighted by Gasteiger charge is -2.08. The highest BCUT2D eigenvalue weighted by Gasteiger charge is 2.32. The van der Waals surface area contributed by atoms with Crippen LogP contribution < -0.4 is 5.32 Å². The van der Waals surface area contributed by atoms with Crippen LogP contribution in [0.5, 0.6) is 0 Å². The van der Waals surface area contributed by atoms with E-state index in [0.29, 0.717) is 12.2 Å².